The third-order valence-electron chi connectivity index (χ3n) is 4.03. The quantitative estimate of drug-likeness (QED) is 0.503. The summed E-state index contributed by atoms with van der Waals surface area (Å²) in [7, 11) is 1.38. The van der Waals surface area contributed by atoms with Gasteiger partial charge in [-0.1, -0.05) is 60.7 Å². The second-order valence-corrected chi connectivity index (χ2v) is 7.00. The minimum Gasteiger partial charge on any atom is -0.443 e. The normalized spacial score (nSPS) is 11.2. The lowest BCUT2D eigenvalue weighted by atomic mass is 10.1. The summed E-state index contributed by atoms with van der Waals surface area (Å²) in [6.07, 6.45) is -1.29. The van der Waals surface area contributed by atoms with Gasteiger partial charge >= 0.3 is 12.0 Å². The number of carbonyl (C=O) groups excluding carboxylic acids is 3. The molecule has 3 rings (SSSR count). The van der Waals surface area contributed by atoms with E-state index in [2.05, 4.69) is 20.9 Å². The third kappa shape index (κ3) is 5.65. The summed E-state index contributed by atoms with van der Waals surface area (Å²) < 4.78 is 5.39. The lowest BCUT2D eigenvalue weighted by Gasteiger charge is -2.16. The van der Waals surface area contributed by atoms with Crippen LogP contribution in [0.4, 0.5) is 9.93 Å². The highest BCUT2D eigenvalue weighted by Crippen LogP contribution is 2.22. The first-order valence-electron chi connectivity index (χ1n) is 9.08. The van der Waals surface area contributed by atoms with E-state index in [9.17, 15) is 14.4 Å². The van der Waals surface area contributed by atoms with Crippen molar-refractivity contribution >= 4 is 34.4 Å². The van der Waals surface area contributed by atoms with E-state index in [0.717, 1.165) is 5.56 Å². The number of nitrogens with one attached hydrogen (secondary N) is 3. The fourth-order valence-corrected chi connectivity index (χ4v) is 3.21. The highest BCUT2D eigenvalue weighted by atomic mass is 32.1. The summed E-state index contributed by atoms with van der Waals surface area (Å²) in [6.45, 7) is 0.560. The predicted octanol–water partition coefficient (Wildman–Crippen LogP) is 3.11. The molecule has 8 nitrogen and oxygen atoms in total. The summed E-state index contributed by atoms with van der Waals surface area (Å²) in [4.78, 5) is 40.8. The number of carbonyl (C=O) groups is 3. The van der Waals surface area contributed by atoms with Gasteiger partial charge in [-0.05, 0) is 5.56 Å². The monoisotopic (exact) mass is 424 g/mol. The van der Waals surface area contributed by atoms with Crippen molar-refractivity contribution in [3.63, 3.8) is 0 Å². The molecule has 30 heavy (non-hydrogen) atoms. The minimum absolute atomic E-state index is 0.0734. The number of nitrogens with zero attached hydrogens (tertiary/aromatic N) is 1. The van der Waals surface area contributed by atoms with Gasteiger partial charge in [-0.3, -0.25) is 10.1 Å². The van der Waals surface area contributed by atoms with Crippen molar-refractivity contribution in [3.8, 4) is 0 Å². The molecule has 3 aromatic rings. The van der Waals surface area contributed by atoms with Crippen LogP contribution >= 0.6 is 11.3 Å². The van der Waals surface area contributed by atoms with Crippen LogP contribution in [-0.2, 0) is 16.1 Å². The first-order valence-corrected chi connectivity index (χ1v) is 9.96. The molecule has 9 heteroatoms. The van der Waals surface area contributed by atoms with Crippen LogP contribution in [-0.4, -0.2) is 29.9 Å². The zero-order valence-electron chi connectivity index (χ0n) is 16.1. The fraction of sp³-hybridized carbons (Fsp3) is 0.143. The van der Waals surface area contributed by atoms with Gasteiger partial charge in [0.2, 0.25) is 6.10 Å². The van der Waals surface area contributed by atoms with Crippen LogP contribution in [0, 0.1) is 0 Å². The van der Waals surface area contributed by atoms with Gasteiger partial charge in [-0.2, -0.15) is 0 Å². The highest BCUT2D eigenvalue weighted by molar-refractivity contribution is 7.13. The van der Waals surface area contributed by atoms with Gasteiger partial charge in [-0.15, -0.1) is 11.3 Å². The Morgan fingerprint density at radius 2 is 1.70 bits per heavy atom. The molecule has 0 bridgehead atoms. The van der Waals surface area contributed by atoms with E-state index in [-0.39, 0.29) is 5.69 Å². The zero-order valence-corrected chi connectivity index (χ0v) is 16.9. The van der Waals surface area contributed by atoms with E-state index in [1.54, 1.807) is 35.7 Å². The van der Waals surface area contributed by atoms with Crippen molar-refractivity contribution in [3.05, 3.63) is 82.9 Å². The average Bonchev–Trinajstić information content (AvgIpc) is 3.26. The molecule has 0 saturated heterocycles. The molecule has 0 fully saturated rings. The molecular weight excluding hydrogens is 404 g/mol. The number of ether oxygens (including phenoxy) is 1. The number of hydrogen-bond donors (Lipinski definition) is 3. The van der Waals surface area contributed by atoms with E-state index in [4.69, 9.17) is 4.74 Å². The molecule has 0 aliphatic rings. The Labute approximate surface area is 177 Å². The van der Waals surface area contributed by atoms with Gasteiger partial charge in [0.05, 0.1) is 0 Å². The number of rotatable bonds is 7. The average molecular weight is 424 g/mol. The van der Waals surface area contributed by atoms with Gasteiger partial charge in [-0.25, -0.2) is 14.6 Å². The van der Waals surface area contributed by atoms with Crippen molar-refractivity contribution in [2.24, 2.45) is 0 Å². The van der Waals surface area contributed by atoms with Gasteiger partial charge in [0.1, 0.15) is 0 Å². The molecule has 0 spiro atoms. The Bertz CT molecular complexity index is 1010. The Morgan fingerprint density at radius 1 is 1.03 bits per heavy atom. The summed E-state index contributed by atoms with van der Waals surface area (Å²) in [5.41, 5.74) is 1.58. The highest BCUT2D eigenvalue weighted by Gasteiger charge is 2.27. The first kappa shape index (κ1) is 21.0. The minimum atomic E-state index is -1.29. The lowest BCUT2D eigenvalue weighted by Crippen LogP contribution is -2.41. The molecule has 3 N–H and O–H groups in total. The van der Waals surface area contributed by atoms with E-state index in [1.807, 2.05) is 30.3 Å². The number of thiazole rings is 1. The lowest BCUT2D eigenvalue weighted by molar-refractivity contribution is -0.129. The Kier molecular flexibility index (Phi) is 7.12. The number of aromatic nitrogens is 1. The number of urea groups is 1. The summed E-state index contributed by atoms with van der Waals surface area (Å²) in [6, 6.07) is 17.5. The standard InChI is InChI=1S/C21H20N4O4S/c1-22-20(28)25-18(26)17(15-10-6-3-7-11-15)29-19(27)16-13-30-21(24-16)23-12-14-8-4-2-5-9-14/h2-11,13,17H,12H2,1H3,(H,23,24)(H2,22,25,26,28). The van der Waals surface area contributed by atoms with Crippen LogP contribution in [0.25, 0.3) is 0 Å². The molecular formula is C21H20N4O4S. The van der Waals surface area contributed by atoms with Crippen molar-refractivity contribution in [2.75, 3.05) is 12.4 Å². The number of hydrogen-bond acceptors (Lipinski definition) is 7. The molecule has 0 aliphatic heterocycles. The second kappa shape index (κ2) is 10.2. The largest absolute Gasteiger partial charge is 0.443 e. The van der Waals surface area contributed by atoms with Gasteiger partial charge in [0, 0.05) is 24.5 Å². The number of imide groups is 1. The van der Waals surface area contributed by atoms with Crippen LogP contribution in [0.5, 0.6) is 0 Å². The van der Waals surface area contributed by atoms with E-state index >= 15 is 0 Å². The molecule has 1 atom stereocenters. The van der Waals surface area contributed by atoms with Crippen LogP contribution < -0.4 is 16.0 Å². The van der Waals surface area contributed by atoms with Crippen molar-refractivity contribution < 1.29 is 19.1 Å². The maximum atomic E-state index is 12.6. The van der Waals surface area contributed by atoms with E-state index < -0.39 is 24.0 Å². The number of anilines is 1. The van der Waals surface area contributed by atoms with Crippen LogP contribution in [0.15, 0.2) is 66.0 Å². The Balaban J connectivity index is 1.68. The second-order valence-electron chi connectivity index (χ2n) is 6.14. The molecule has 0 saturated carbocycles. The van der Waals surface area contributed by atoms with Gasteiger partial charge < -0.3 is 15.4 Å². The van der Waals surface area contributed by atoms with Crippen LogP contribution in [0.2, 0.25) is 0 Å². The first-order chi connectivity index (χ1) is 14.6. The van der Waals surface area contributed by atoms with Crippen LogP contribution in [0.1, 0.15) is 27.7 Å². The van der Waals surface area contributed by atoms with E-state index in [0.29, 0.717) is 17.2 Å². The van der Waals surface area contributed by atoms with Crippen molar-refractivity contribution in [1.29, 1.82) is 0 Å². The molecule has 154 valence electrons. The molecule has 1 heterocycles. The van der Waals surface area contributed by atoms with Crippen molar-refractivity contribution in [1.82, 2.24) is 15.6 Å². The predicted molar refractivity (Wildman–Crippen MR) is 113 cm³/mol. The molecule has 2 aromatic carbocycles. The number of esters is 1. The van der Waals surface area contributed by atoms with Gasteiger partial charge in [0.15, 0.2) is 10.8 Å². The Hall–Kier alpha value is -3.72. The fourth-order valence-electron chi connectivity index (χ4n) is 2.53. The third-order valence-corrected chi connectivity index (χ3v) is 4.83. The topological polar surface area (TPSA) is 109 Å². The number of benzene rings is 2. The molecule has 3 amide bonds. The number of amides is 3. The maximum absolute atomic E-state index is 12.6. The molecule has 1 aromatic heterocycles. The Morgan fingerprint density at radius 3 is 2.37 bits per heavy atom. The maximum Gasteiger partial charge on any atom is 0.359 e. The smallest absolute Gasteiger partial charge is 0.359 e. The van der Waals surface area contributed by atoms with Gasteiger partial charge in [0.25, 0.3) is 5.91 Å². The summed E-state index contributed by atoms with van der Waals surface area (Å²) in [5.74, 6) is -1.52. The van der Waals surface area contributed by atoms with E-state index in [1.165, 1.54) is 18.4 Å². The molecule has 0 radical (unpaired) electrons. The van der Waals surface area contributed by atoms with Crippen molar-refractivity contribution in [2.45, 2.75) is 12.6 Å². The SMILES string of the molecule is CNC(=O)NC(=O)C(OC(=O)c1csc(NCc2ccccc2)n1)c1ccccc1. The van der Waals surface area contributed by atoms with Crippen LogP contribution in [0.3, 0.4) is 0 Å². The molecule has 0 aliphatic carbocycles. The molecule has 1 unspecified atom stereocenters. The summed E-state index contributed by atoms with van der Waals surface area (Å²) in [5, 5.41) is 9.67. The summed E-state index contributed by atoms with van der Waals surface area (Å²) >= 11 is 1.25. The zero-order chi connectivity index (χ0) is 21.3.